The first-order valence-electron chi connectivity index (χ1n) is 12.2. The highest BCUT2D eigenvalue weighted by Gasteiger charge is 2.21. The number of nitrogens with zero attached hydrogens (tertiary/aromatic N) is 3. The largest absolute Gasteiger partial charge is 0.488 e. The van der Waals surface area contributed by atoms with E-state index in [1.165, 1.54) is 11.1 Å². The maximum Gasteiger partial charge on any atom is 0.434 e. The number of ether oxygens (including phenoxy) is 1. The van der Waals surface area contributed by atoms with Crippen molar-refractivity contribution in [1.29, 1.82) is 0 Å². The topological polar surface area (TPSA) is 85.9 Å². The van der Waals surface area contributed by atoms with E-state index in [2.05, 4.69) is 65.0 Å². The number of hydrogen-bond donors (Lipinski definition) is 1. The number of hydrogen-bond acceptors (Lipinski definition) is 5. The van der Waals surface area contributed by atoms with Crippen molar-refractivity contribution >= 4 is 22.7 Å². The van der Waals surface area contributed by atoms with Crippen LogP contribution in [0, 0.1) is 6.92 Å². The molecule has 7 nitrogen and oxygen atoms in total. The van der Waals surface area contributed by atoms with Crippen LogP contribution in [-0.4, -0.2) is 19.7 Å². The van der Waals surface area contributed by atoms with Crippen LogP contribution in [0.25, 0.3) is 22.7 Å². The molecule has 1 N–H and O–H groups in total. The van der Waals surface area contributed by atoms with Crippen molar-refractivity contribution in [2.24, 2.45) is 0 Å². The van der Waals surface area contributed by atoms with E-state index in [9.17, 15) is 4.79 Å². The van der Waals surface area contributed by atoms with Crippen molar-refractivity contribution in [3.05, 3.63) is 111 Å². The number of aromatic amines is 1. The summed E-state index contributed by atoms with van der Waals surface area (Å²) in [5.74, 6) is 1.53. The number of benzene rings is 3. The molecule has 3 heterocycles. The Kier molecular flexibility index (Phi) is 5.52. The Balaban J connectivity index is 1.45. The summed E-state index contributed by atoms with van der Waals surface area (Å²) in [5.41, 5.74) is 8.50. The van der Waals surface area contributed by atoms with Crippen LogP contribution in [0.1, 0.15) is 52.9 Å². The Labute approximate surface area is 208 Å². The third-order valence-electron chi connectivity index (χ3n) is 6.62. The first kappa shape index (κ1) is 22.1. The van der Waals surface area contributed by atoms with Crippen LogP contribution in [0.15, 0.2) is 69.9 Å². The Bertz CT molecular complexity index is 1670. The van der Waals surface area contributed by atoms with Gasteiger partial charge >= 0.3 is 5.76 Å². The molecular formula is C29H26N4O3. The number of nitrogens with one attached hydrogen (secondary N) is 1. The van der Waals surface area contributed by atoms with Gasteiger partial charge < -0.3 is 13.7 Å². The zero-order valence-electron chi connectivity index (χ0n) is 20.2. The summed E-state index contributed by atoms with van der Waals surface area (Å²) < 4.78 is 13.7. The molecule has 1 aliphatic rings. The van der Waals surface area contributed by atoms with Crippen molar-refractivity contribution < 1.29 is 9.15 Å². The number of imidazole rings is 1. The number of rotatable bonds is 5. The Hall–Kier alpha value is -4.39. The second-order valence-electron chi connectivity index (χ2n) is 9.09. The van der Waals surface area contributed by atoms with E-state index >= 15 is 0 Å². The van der Waals surface area contributed by atoms with Gasteiger partial charge in [0.15, 0.2) is 0 Å². The van der Waals surface area contributed by atoms with Crippen LogP contribution in [0.3, 0.4) is 0 Å². The van der Waals surface area contributed by atoms with Gasteiger partial charge in [-0.25, -0.2) is 14.9 Å². The van der Waals surface area contributed by atoms with Gasteiger partial charge in [-0.2, -0.15) is 0 Å². The zero-order chi connectivity index (χ0) is 24.6. The number of fused-ring (bicyclic) bond motifs is 3. The standard InChI is InChI=1S/C29H26N4O3/c1-3-7-26-30-28-18(2)8-6-10-24(28)33(26)16-19-12-13-21-20(14-19)17-35-25-11-5-4-9-22(25)23(21)15-27-31-32-29(34)36-27/h4-6,8-15H,3,7,16-17H2,1-2H3,(H,32,34)/b23-15+. The molecule has 3 aromatic carbocycles. The molecule has 0 saturated carbocycles. The van der Waals surface area contributed by atoms with Gasteiger partial charge in [0.05, 0.1) is 11.0 Å². The van der Waals surface area contributed by atoms with Crippen LogP contribution in [0.5, 0.6) is 5.75 Å². The number of aryl methyl sites for hydroxylation is 2. The van der Waals surface area contributed by atoms with Crippen LogP contribution < -0.4 is 10.5 Å². The lowest BCUT2D eigenvalue weighted by atomic mass is 9.92. The fourth-order valence-corrected chi connectivity index (χ4v) is 4.93. The molecule has 0 radical (unpaired) electrons. The van der Waals surface area contributed by atoms with Crippen LogP contribution in [0.4, 0.5) is 0 Å². The molecule has 7 heteroatoms. The zero-order valence-corrected chi connectivity index (χ0v) is 20.2. The van der Waals surface area contributed by atoms with E-state index in [1.54, 1.807) is 6.08 Å². The lowest BCUT2D eigenvalue weighted by molar-refractivity contribution is 0.307. The molecule has 0 saturated heterocycles. The van der Waals surface area contributed by atoms with Gasteiger partial charge in [-0.15, -0.1) is 5.10 Å². The predicted molar refractivity (Wildman–Crippen MR) is 139 cm³/mol. The average molecular weight is 479 g/mol. The third-order valence-corrected chi connectivity index (χ3v) is 6.62. The highest BCUT2D eigenvalue weighted by atomic mass is 16.5. The van der Waals surface area contributed by atoms with Crippen molar-refractivity contribution in [3.63, 3.8) is 0 Å². The average Bonchev–Trinajstić information content (AvgIpc) is 3.41. The minimum atomic E-state index is -0.582. The molecule has 0 amide bonds. The van der Waals surface area contributed by atoms with Crippen molar-refractivity contribution in [2.75, 3.05) is 0 Å². The molecule has 5 aromatic rings. The SMILES string of the molecule is CCCc1nc2c(C)cccc2n1Cc1ccc2c(c1)COc1ccccc1/C2=C/c1n[nH]c(=O)o1. The minimum absolute atomic E-state index is 0.228. The van der Waals surface area contributed by atoms with Gasteiger partial charge in [0.1, 0.15) is 18.2 Å². The maximum absolute atomic E-state index is 11.5. The molecule has 0 spiro atoms. The summed E-state index contributed by atoms with van der Waals surface area (Å²) in [6.45, 7) is 5.46. The quantitative estimate of drug-likeness (QED) is 0.360. The first-order valence-corrected chi connectivity index (χ1v) is 12.2. The van der Waals surface area contributed by atoms with E-state index in [0.29, 0.717) is 6.61 Å². The van der Waals surface area contributed by atoms with E-state index < -0.39 is 5.76 Å². The summed E-state index contributed by atoms with van der Waals surface area (Å²) in [7, 11) is 0. The Morgan fingerprint density at radius 1 is 1.08 bits per heavy atom. The molecule has 180 valence electrons. The molecule has 1 aliphatic heterocycles. The molecule has 0 fully saturated rings. The van der Waals surface area contributed by atoms with Gasteiger partial charge in [0, 0.05) is 24.6 Å². The molecule has 0 aliphatic carbocycles. The Morgan fingerprint density at radius 2 is 1.97 bits per heavy atom. The molecule has 36 heavy (non-hydrogen) atoms. The lowest BCUT2D eigenvalue weighted by Crippen LogP contribution is -2.06. The van der Waals surface area contributed by atoms with E-state index in [-0.39, 0.29) is 5.89 Å². The lowest BCUT2D eigenvalue weighted by Gasteiger charge is -2.13. The second kappa shape index (κ2) is 9.00. The molecule has 6 rings (SSSR count). The van der Waals surface area contributed by atoms with Gasteiger partial charge in [-0.05, 0) is 59.4 Å². The summed E-state index contributed by atoms with van der Waals surface area (Å²) in [6.07, 6.45) is 3.75. The number of H-pyrrole nitrogens is 1. The predicted octanol–water partition coefficient (Wildman–Crippen LogP) is 5.50. The molecule has 0 atom stereocenters. The minimum Gasteiger partial charge on any atom is -0.488 e. The smallest absolute Gasteiger partial charge is 0.434 e. The second-order valence-corrected chi connectivity index (χ2v) is 9.09. The van der Waals surface area contributed by atoms with Crippen LogP contribution in [0.2, 0.25) is 0 Å². The van der Waals surface area contributed by atoms with Gasteiger partial charge in [-0.3, -0.25) is 0 Å². The number of aromatic nitrogens is 4. The van der Waals surface area contributed by atoms with E-state index in [1.807, 2.05) is 24.3 Å². The fraction of sp³-hybridized carbons (Fsp3) is 0.207. The summed E-state index contributed by atoms with van der Waals surface area (Å²) in [4.78, 5) is 16.5. The first-order chi connectivity index (χ1) is 17.6. The van der Waals surface area contributed by atoms with Crippen molar-refractivity contribution in [3.8, 4) is 5.75 Å². The van der Waals surface area contributed by atoms with Gasteiger partial charge in [0.2, 0.25) is 5.89 Å². The molecule has 0 unspecified atom stereocenters. The summed E-state index contributed by atoms with van der Waals surface area (Å²) >= 11 is 0. The van der Waals surface area contributed by atoms with Gasteiger partial charge in [0.25, 0.3) is 0 Å². The van der Waals surface area contributed by atoms with Crippen molar-refractivity contribution in [1.82, 2.24) is 19.7 Å². The van der Waals surface area contributed by atoms with E-state index in [4.69, 9.17) is 14.1 Å². The van der Waals surface area contributed by atoms with Crippen molar-refractivity contribution in [2.45, 2.75) is 39.8 Å². The summed E-state index contributed by atoms with van der Waals surface area (Å²) in [6, 6.07) is 20.7. The van der Waals surface area contributed by atoms with Crippen LogP contribution in [-0.2, 0) is 19.6 Å². The summed E-state index contributed by atoms with van der Waals surface area (Å²) in [5, 5.41) is 6.32. The van der Waals surface area contributed by atoms with Gasteiger partial charge in [-0.1, -0.05) is 49.4 Å². The Morgan fingerprint density at radius 3 is 2.81 bits per heavy atom. The maximum atomic E-state index is 11.5. The fourth-order valence-electron chi connectivity index (χ4n) is 4.93. The molecule has 2 aromatic heterocycles. The number of para-hydroxylation sites is 2. The molecule has 0 bridgehead atoms. The normalized spacial score (nSPS) is 13.9. The highest BCUT2D eigenvalue weighted by molar-refractivity contribution is 5.93. The third kappa shape index (κ3) is 3.92. The highest BCUT2D eigenvalue weighted by Crippen LogP contribution is 2.38. The van der Waals surface area contributed by atoms with E-state index in [0.717, 1.165) is 64.3 Å². The monoisotopic (exact) mass is 478 g/mol. The molecular weight excluding hydrogens is 452 g/mol. The van der Waals surface area contributed by atoms with Crippen LogP contribution >= 0.6 is 0 Å².